The fourth-order valence-corrected chi connectivity index (χ4v) is 3.85. The molecule has 2 atom stereocenters. The van der Waals surface area contributed by atoms with E-state index in [-0.39, 0.29) is 11.7 Å². The molecule has 2 aromatic carbocycles. The molecule has 1 amide bonds. The SMILES string of the molecule is N#CC(Cc1ccc2c(c1)OCCc1cc(F)ccc1-2)NC(=O)[C@@H]1CNCCCO1. The van der Waals surface area contributed by atoms with E-state index in [2.05, 4.69) is 16.7 Å². The maximum atomic E-state index is 13.6. The van der Waals surface area contributed by atoms with Gasteiger partial charge in [0.25, 0.3) is 5.91 Å². The molecule has 0 spiro atoms. The summed E-state index contributed by atoms with van der Waals surface area (Å²) in [7, 11) is 0. The molecule has 0 aliphatic carbocycles. The molecular weight excluding hydrogens is 385 g/mol. The van der Waals surface area contributed by atoms with Gasteiger partial charge in [0.05, 0.1) is 12.7 Å². The largest absolute Gasteiger partial charge is 0.493 e. The van der Waals surface area contributed by atoms with Gasteiger partial charge in [-0.3, -0.25) is 4.79 Å². The number of fused-ring (bicyclic) bond motifs is 3. The number of carbonyl (C=O) groups excluding carboxylic acids is 1. The van der Waals surface area contributed by atoms with Crippen LogP contribution in [0.25, 0.3) is 11.1 Å². The van der Waals surface area contributed by atoms with E-state index in [1.165, 1.54) is 6.07 Å². The number of nitrogens with zero attached hydrogens (tertiary/aromatic N) is 1. The van der Waals surface area contributed by atoms with Gasteiger partial charge in [0.2, 0.25) is 0 Å². The summed E-state index contributed by atoms with van der Waals surface area (Å²) in [6.45, 7) is 2.24. The van der Waals surface area contributed by atoms with Crippen LogP contribution in [0.3, 0.4) is 0 Å². The molecule has 30 heavy (non-hydrogen) atoms. The lowest BCUT2D eigenvalue weighted by molar-refractivity contribution is -0.132. The molecule has 156 valence electrons. The molecule has 2 heterocycles. The van der Waals surface area contributed by atoms with E-state index in [4.69, 9.17) is 9.47 Å². The van der Waals surface area contributed by atoms with Gasteiger partial charge >= 0.3 is 0 Å². The van der Waals surface area contributed by atoms with Gasteiger partial charge in [0.1, 0.15) is 23.7 Å². The Kier molecular flexibility index (Phi) is 6.26. The van der Waals surface area contributed by atoms with E-state index in [9.17, 15) is 14.4 Å². The van der Waals surface area contributed by atoms with Crippen molar-refractivity contribution in [1.29, 1.82) is 5.26 Å². The van der Waals surface area contributed by atoms with E-state index < -0.39 is 12.1 Å². The zero-order chi connectivity index (χ0) is 20.9. The van der Waals surface area contributed by atoms with Crippen molar-refractivity contribution in [2.75, 3.05) is 26.3 Å². The van der Waals surface area contributed by atoms with Crippen LogP contribution in [0.1, 0.15) is 17.5 Å². The number of hydrogen-bond acceptors (Lipinski definition) is 5. The van der Waals surface area contributed by atoms with Crippen LogP contribution < -0.4 is 15.4 Å². The van der Waals surface area contributed by atoms with Crippen LogP contribution in [0.15, 0.2) is 36.4 Å². The summed E-state index contributed by atoms with van der Waals surface area (Å²) in [5.41, 5.74) is 3.66. The number of benzene rings is 2. The first-order valence-corrected chi connectivity index (χ1v) is 10.2. The standard InChI is InChI=1S/C23H24FN3O3/c24-17-3-5-19-16(12-17)6-9-30-21-11-15(2-4-20(19)21)10-18(13-25)27-23(28)22-14-26-7-1-8-29-22/h2-5,11-12,18,22,26H,1,6-10,14H2,(H,27,28)/t18?,22-/m0/s1. The summed E-state index contributed by atoms with van der Waals surface area (Å²) in [5, 5.41) is 15.5. The molecule has 6 nitrogen and oxygen atoms in total. The second kappa shape index (κ2) is 9.24. The zero-order valence-electron chi connectivity index (χ0n) is 16.6. The van der Waals surface area contributed by atoms with Gasteiger partial charge in [0.15, 0.2) is 0 Å². The monoisotopic (exact) mass is 409 g/mol. The second-order valence-corrected chi connectivity index (χ2v) is 7.54. The number of rotatable bonds is 4. The Morgan fingerprint density at radius 3 is 3.00 bits per heavy atom. The Morgan fingerprint density at radius 2 is 2.13 bits per heavy atom. The number of halogens is 1. The van der Waals surface area contributed by atoms with Crippen molar-refractivity contribution < 1.29 is 18.7 Å². The lowest BCUT2D eigenvalue weighted by atomic mass is 9.96. The predicted octanol–water partition coefficient (Wildman–Crippen LogP) is 2.36. The van der Waals surface area contributed by atoms with Crippen LogP contribution in [0.2, 0.25) is 0 Å². The zero-order valence-corrected chi connectivity index (χ0v) is 16.6. The molecule has 0 aromatic heterocycles. The summed E-state index contributed by atoms with van der Waals surface area (Å²) < 4.78 is 25.0. The van der Waals surface area contributed by atoms with Crippen molar-refractivity contribution in [3.05, 3.63) is 53.3 Å². The maximum absolute atomic E-state index is 13.6. The summed E-state index contributed by atoms with van der Waals surface area (Å²) in [5.74, 6) is 0.171. The van der Waals surface area contributed by atoms with Crippen LogP contribution in [0, 0.1) is 17.1 Å². The number of nitrogens with one attached hydrogen (secondary N) is 2. The molecule has 0 bridgehead atoms. The molecule has 7 heteroatoms. The minimum absolute atomic E-state index is 0.255. The van der Waals surface area contributed by atoms with Crippen molar-refractivity contribution in [3.8, 4) is 22.9 Å². The van der Waals surface area contributed by atoms with E-state index in [0.29, 0.717) is 38.3 Å². The third-order valence-corrected chi connectivity index (χ3v) is 5.38. The van der Waals surface area contributed by atoms with Gasteiger partial charge in [-0.2, -0.15) is 5.26 Å². The first-order chi connectivity index (χ1) is 14.6. The van der Waals surface area contributed by atoms with Crippen LogP contribution in [-0.4, -0.2) is 44.4 Å². The Labute approximate surface area is 175 Å². The third kappa shape index (κ3) is 4.61. The lowest BCUT2D eigenvalue weighted by Gasteiger charge is -2.18. The van der Waals surface area contributed by atoms with Crippen LogP contribution in [0.5, 0.6) is 5.75 Å². The lowest BCUT2D eigenvalue weighted by Crippen LogP contribution is -2.46. The molecule has 0 radical (unpaired) electrons. The van der Waals surface area contributed by atoms with Crippen LogP contribution in [-0.2, 0) is 22.4 Å². The number of ether oxygens (including phenoxy) is 2. The Balaban J connectivity index is 1.48. The maximum Gasteiger partial charge on any atom is 0.251 e. The first kappa shape index (κ1) is 20.3. The molecule has 1 fully saturated rings. The fraction of sp³-hybridized carbons (Fsp3) is 0.391. The van der Waals surface area contributed by atoms with Crippen LogP contribution >= 0.6 is 0 Å². The Hall–Kier alpha value is -2.95. The van der Waals surface area contributed by atoms with Gasteiger partial charge in [-0.25, -0.2) is 4.39 Å². The molecule has 4 rings (SSSR count). The number of carbonyl (C=O) groups is 1. The van der Waals surface area contributed by atoms with E-state index in [1.807, 2.05) is 18.2 Å². The van der Waals surface area contributed by atoms with Gasteiger partial charge in [-0.05, 0) is 47.9 Å². The average molecular weight is 409 g/mol. The number of amides is 1. The molecule has 1 unspecified atom stereocenters. The molecule has 1 saturated heterocycles. The van der Waals surface area contributed by atoms with Gasteiger partial charge in [-0.15, -0.1) is 0 Å². The van der Waals surface area contributed by atoms with Crippen molar-refractivity contribution >= 4 is 5.91 Å². The molecule has 2 aromatic rings. The van der Waals surface area contributed by atoms with E-state index >= 15 is 0 Å². The van der Waals surface area contributed by atoms with Crippen LogP contribution in [0.4, 0.5) is 4.39 Å². The highest BCUT2D eigenvalue weighted by molar-refractivity contribution is 5.81. The summed E-state index contributed by atoms with van der Waals surface area (Å²) in [6, 6.07) is 12.0. The van der Waals surface area contributed by atoms with Gasteiger partial charge in [-0.1, -0.05) is 18.2 Å². The average Bonchev–Trinajstić information content (AvgIpc) is 3.12. The Bertz CT molecular complexity index is 965. The quantitative estimate of drug-likeness (QED) is 0.810. The fourth-order valence-electron chi connectivity index (χ4n) is 3.85. The molecule has 2 aliphatic heterocycles. The summed E-state index contributed by atoms with van der Waals surface area (Å²) >= 11 is 0. The minimum Gasteiger partial charge on any atom is -0.493 e. The number of hydrogen-bond donors (Lipinski definition) is 2. The van der Waals surface area contributed by atoms with Gasteiger partial charge < -0.3 is 20.1 Å². The Morgan fingerprint density at radius 1 is 1.27 bits per heavy atom. The van der Waals surface area contributed by atoms with E-state index in [0.717, 1.165) is 35.2 Å². The molecular formula is C23H24FN3O3. The topological polar surface area (TPSA) is 83.4 Å². The highest BCUT2D eigenvalue weighted by Gasteiger charge is 2.24. The highest BCUT2D eigenvalue weighted by Crippen LogP contribution is 2.36. The van der Waals surface area contributed by atoms with Crippen molar-refractivity contribution in [1.82, 2.24) is 10.6 Å². The molecule has 2 aliphatic rings. The normalized spacial score (nSPS) is 19.1. The second-order valence-electron chi connectivity index (χ2n) is 7.54. The summed E-state index contributed by atoms with van der Waals surface area (Å²) in [4.78, 5) is 12.5. The minimum atomic E-state index is -0.672. The van der Waals surface area contributed by atoms with Crippen molar-refractivity contribution in [3.63, 3.8) is 0 Å². The number of nitriles is 1. The molecule has 2 N–H and O–H groups in total. The van der Waals surface area contributed by atoms with Gasteiger partial charge in [0, 0.05) is 31.6 Å². The predicted molar refractivity (Wildman–Crippen MR) is 110 cm³/mol. The highest BCUT2D eigenvalue weighted by atomic mass is 19.1. The first-order valence-electron chi connectivity index (χ1n) is 10.2. The summed E-state index contributed by atoms with van der Waals surface area (Å²) in [6.07, 6.45) is 1.25. The molecule has 0 saturated carbocycles. The smallest absolute Gasteiger partial charge is 0.251 e. The van der Waals surface area contributed by atoms with Crippen molar-refractivity contribution in [2.45, 2.75) is 31.4 Å². The van der Waals surface area contributed by atoms with E-state index in [1.54, 1.807) is 12.1 Å². The third-order valence-electron chi connectivity index (χ3n) is 5.38. The van der Waals surface area contributed by atoms with Crippen molar-refractivity contribution in [2.24, 2.45) is 0 Å².